The number of hydrogen-bond donors (Lipinski definition) is 1. The van der Waals surface area contributed by atoms with Crippen molar-refractivity contribution in [2.45, 2.75) is 24.8 Å². The largest absolute Gasteiger partial charge is 0.481 e. The number of amides is 1. The molecule has 2 unspecified atom stereocenters. The van der Waals surface area contributed by atoms with E-state index in [2.05, 4.69) is 6.07 Å². The molecule has 0 saturated heterocycles. The number of carbonyl (C=O) groups excluding carboxylic acids is 1. The Morgan fingerprint density at radius 2 is 1.96 bits per heavy atom. The Bertz CT molecular complexity index is 927. The van der Waals surface area contributed by atoms with E-state index in [1.54, 1.807) is 47.4 Å². The highest BCUT2D eigenvalue weighted by molar-refractivity contribution is 6.00. The van der Waals surface area contributed by atoms with Crippen LogP contribution < -0.4 is 0 Å². The van der Waals surface area contributed by atoms with Crippen LogP contribution in [0.15, 0.2) is 48.5 Å². The quantitative estimate of drug-likeness (QED) is 0.920. The molecule has 1 aliphatic carbocycles. The van der Waals surface area contributed by atoms with Gasteiger partial charge in [-0.3, -0.25) is 9.59 Å². The maximum atomic E-state index is 13.2. The van der Waals surface area contributed by atoms with E-state index in [9.17, 15) is 20.0 Å². The minimum Gasteiger partial charge on any atom is -0.481 e. The van der Waals surface area contributed by atoms with E-state index in [4.69, 9.17) is 0 Å². The summed E-state index contributed by atoms with van der Waals surface area (Å²) >= 11 is 0. The second-order valence-electron chi connectivity index (χ2n) is 6.99. The fourth-order valence-electron chi connectivity index (χ4n) is 3.80. The van der Waals surface area contributed by atoms with Crippen LogP contribution in [0.25, 0.3) is 0 Å². The number of carbonyl (C=O) groups is 2. The molecule has 1 N–H and O–H groups in total. The van der Waals surface area contributed by atoms with E-state index in [1.165, 1.54) is 0 Å². The van der Waals surface area contributed by atoms with Gasteiger partial charge >= 0.3 is 5.97 Å². The minimum atomic E-state index is -0.960. The lowest BCUT2D eigenvalue weighted by molar-refractivity contribution is -0.140. The van der Waals surface area contributed by atoms with Gasteiger partial charge < -0.3 is 10.0 Å². The van der Waals surface area contributed by atoms with Crippen LogP contribution in [0.1, 0.15) is 51.8 Å². The van der Waals surface area contributed by atoms with Gasteiger partial charge in [-0.25, -0.2) is 0 Å². The van der Waals surface area contributed by atoms with Crippen molar-refractivity contribution >= 4 is 11.9 Å². The second-order valence-corrected chi connectivity index (χ2v) is 6.99. The number of carboxylic acids is 1. The number of fused-ring (bicyclic) bond motifs is 1. The van der Waals surface area contributed by atoms with Crippen molar-refractivity contribution in [2.24, 2.45) is 5.92 Å². The predicted octanol–water partition coefficient (Wildman–Crippen LogP) is 3.33. The maximum absolute atomic E-state index is 13.2. The Balaban J connectivity index is 1.89. The normalized spacial score (nSPS) is 21.8. The molecule has 0 spiro atoms. The van der Waals surface area contributed by atoms with Gasteiger partial charge in [0.05, 0.1) is 17.7 Å². The number of carboxylic acid groups (broad SMARTS) is 1. The van der Waals surface area contributed by atoms with Gasteiger partial charge in [-0.1, -0.05) is 30.3 Å². The fourth-order valence-corrected chi connectivity index (χ4v) is 3.80. The van der Waals surface area contributed by atoms with Crippen LogP contribution in [-0.4, -0.2) is 28.4 Å². The summed E-state index contributed by atoms with van der Waals surface area (Å²) in [7, 11) is 0. The Morgan fingerprint density at radius 3 is 2.65 bits per heavy atom. The number of hydrogen-bond acceptors (Lipinski definition) is 3. The average Bonchev–Trinajstić information content (AvgIpc) is 3.47. The first kappa shape index (κ1) is 16.3. The third-order valence-corrected chi connectivity index (χ3v) is 5.21. The molecule has 2 aliphatic rings. The summed E-state index contributed by atoms with van der Waals surface area (Å²) in [4.78, 5) is 27.1. The number of rotatable bonds is 4. The molecule has 130 valence electrons. The molecule has 26 heavy (non-hydrogen) atoms. The molecule has 1 fully saturated rings. The summed E-state index contributed by atoms with van der Waals surface area (Å²) in [6, 6.07) is 15.4. The first-order valence-corrected chi connectivity index (χ1v) is 8.73. The van der Waals surface area contributed by atoms with Crippen LogP contribution >= 0.6 is 0 Å². The van der Waals surface area contributed by atoms with Gasteiger partial charge in [-0.2, -0.15) is 5.26 Å². The average molecular weight is 346 g/mol. The van der Waals surface area contributed by atoms with Gasteiger partial charge in [0.1, 0.15) is 5.92 Å². The predicted molar refractivity (Wildman–Crippen MR) is 94.5 cm³/mol. The van der Waals surface area contributed by atoms with Crippen LogP contribution in [-0.2, 0) is 4.79 Å². The third-order valence-electron chi connectivity index (χ3n) is 5.21. The molecule has 1 saturated carbocycles. The highest BCUT2D eigenvalue weighted by atomic mass is 16.4. The van der Waals surface area contributed by atoms with E-state index < -0.39 is 17.9 Å². The van der Waals surface area contributed by atoms with Crippen molar-refractivity contribution in [1.29, 1.82) is 5.26 Å². The molecule has 1 amide bonds. The molecular weight excluding hydrogens is 328 g/mol. The van der Waals surface area contributed by atoms with E-state index >= 15 is 0 Å². The van der Waals surface area contributed by atoms with Crippen molar-refractivity contribution in [3.8, 4) is 6.07 Å². The zero-order chi connectivity index (χ0) is 18.3. The van der Waals surface area contributed by atoms with E-state index in [1.807, 2.05) is 6.07 Å². The molecular formula is C21H18N2O3. The Labute approximate surface area is 151 Å². The van der Waals surface area contributed by atoms with Crippen molar-refractivity contribution in [3.05, 3.63) is 70.8 Å². The van der Waals surface area contributed by atoms with Gasteiger partial charge in [0.15, 0.2) is 0 Å². The van der Waals surface area contributed by atoms with Crippen molar-refractivity contribution in [2.75, 3.05) is 6.54 Å². The SMILES string of the molecule is N#Cc1cccc(C2C(C(=O)O)c3ccccc3C(=O)N2CC2CC2)c1. The van der Waals surface area contributed by atoms with Crippen molar-refractivity contribution in [3.63, 3.8) is 0 Å². The smallest absolute Gasteiger partial charge is 0.313 e. The van der Waals surface area contributed by atoms with Crippen LogP contribution in [0, 0.1) is 17.2 Å². The molecule has 5 heteroatoms. The molecule has 2 atom stereocenters. The highest BCUT2D eigenvalue weighted by Gasteiger charge is 2.45. The molecule has 4 rings (SSSR count). The Kier molecular flexibility index (Phi) is 3.96. The van der Waals surface area contributed by atoms with Gasteiger partial charge in [-0.05, 0) is 48.1 Å². The first-order valence-electron chi connectivity index (χ1n) is 8.73. The summed E-state index contributed by atoms with van der Waals surface area (Å²) in [5, 5.41) is 19.2. The number of nitrogens with zero attached hydrogens (tertiary/aromatic N) is 2. The number of aliphatic carboxylic acids is 1. The molecule has 1 aliphatic heterocycles. The molecule has 1 heterocycles. The molecule has 5 nitrogen and oxygen atoms in total. The van der Waals surface area contributed by atoms with Gasteiger partial charge in [0, 0.05) is 12.1 Å². The highest BCUT2D eigenvalue weighted by Crippen LogP contribution is 2.45. The summed E-state index contributed by atoms with van der Waals surface area (Å²) < 4.78 is 0. The van der Waals surface area contributed by atoms with E-state index in [-0.39, 0.29) is 5.91 Å². The van der Waals surface area contributed by atoms with Gasteiger partial charge in [0.2, 0.25) is 0 Å². The van der Waals surface area contributed by atoms with Crippen LogP contribution in [0.4, 0.5) is 0 Å². The second kappa shape index (κ2) is 6.30. The zero-order valence-corrected chi connectivity index (χ0v) is 14.1. The lowest BCUT2D eigenvalue weighted by Gasteiger charge is -2.41. The van der Waals surface area contributed by atoms with Crippen LogP contribution in [0.5, 0.6) is 0 Å². The maximum Gasteiger partial charge on any atom is 0.313 e. The third kappa shape index (κ3) is 2.74. The molecule has 2 aromatic carbocycles. The van der Waals surface area contributed by atoms with E-state index in [0.29, 0.717) is 34.7 Å². The summed E-state index contributed by atoms with van der Waals surface area (Å²) in [5.74, 6) is -1.51. The topological polar surface area (TPSA) is 81.4 Å². The molecule has 0 bridgehead atoms. The summed E-state index contributed by atoms with van der Waals surface area (Å²) in [5.41, 5.74) is 2.17. The molecule has 0 aromatic heterocycles. The summed E-state index contributed by atoms with van der Waals surface area (Å²) in [6.45, 7) is 0.554. The lowest BCUT2D eigenvalue weighted by Crippen LogP contribution is -2.45. The Hall–Kier alpha value is -3.13. The lowest BCUT2D eigenvalue weighted by atomic mass is 9.79. The van der Waals surface area contributed by atoms with Crippen LogP contribution in [0.3, 0.4) is 0 Å². The standard InChI is InChI=1S/C21H18N2O3/c22-11-14-4-3-5-15(10-14)19-18(21(25)26)16-6-1-2-7-17(16)20(24)23(19)12-13-8-9-13/h1-7,10,13,18-19H,8-9,12H2,(H,25,26). The number of benzene rings is 2. The monoisotopic (exact) mass is 346 g/mol. The van der Waals surface area contributed by atoms with E-state index in [0.717, 1.165) is 12.8 Å². The van der Waals surface area contributed by atoms with Crippen LogP contribution in [0.2, 0.25) is 0 Å². The first-order chi connectivity index (χ1) is 12.6. The Morgan fingerprint density at radius 1 is 1.19 bits per heavy atom. The van der Waals surface area contributed by atoms with Gasteiger partial charge in [0.25, 0.3) is 5.91 Å². The summed E-state index contributed by atoms with van der Waals surface area (Å²) in [6.07, 6.45) is 2.13. The van der Waals surface area contributed by atoms with Crippen molar-refractivity contribution in [1.82, 2.24) is 4.90 Å². The van der Waals surface area contributed by atoms with Gasteiger partial charge in [-0.15, -0.1) is 0 Å². The fraction of sp³-hybridized carbons (Fsp3) is 0.286. The number of nitriles is 1. The van der Waals surface area contributed by atoms with Crippen molar-refractivity contribution < 1.29 is 14.7 Å². The zero-order valence-electron chi connectivity index (χ0n) is 14.1. The molecule has 2 aromatic rings. The molecule has 0 radical (unpaired) electrons. The minimum absolute atomic E-state index is 0.127.